The lowest BCUT2D eigenvalue weighted by molar-refractivity contribution is 0.103. The summed E-state index contributed by atoms with van der Waals surface area (Å²) in [6.07, 6.45) is 0. The molecule has 0 aliphatic carbocycles. The van der Waals surface area contributed by atoms with Crippen LogP contribution in [0.3, 0.4) is 0 Å². The van der Waals surface area contributed by atoms with Crippen LogP contribution in [-0.2, 0) is 0 Å². The Morgan fingerprint density at radius 2 is 2.35 bits per heavy atom. The molecule has 0 radical (unpaired) electrons. The van der Waals surface area contributed by atoms with Crippen molar-refractivity contribution in [1.82, 2.24) is 4.98 Å². The Kier molecular flexibility index (Phi) is 4.74. The largest absolute Gasteiger partial charge is 0.384 e. The van der Waals surface area contributed by atoms with Crippen LogP contribution in [0.4, 0.5) is 5.69 Å². The zero-order valence-electron chi connectivity index (χ0n) is 10.6. The van der Waals surface area contributed by atoms with Gasteiger partial charge in [-0.25, -0.2) is 4.98 Å². The molecule has 4 nitrogen and oxygen atoms in total. The highest BCUT2D eigenvalue weighted by atomic mass is 35.5. The van der Waals surface area contributed by atoms with E-state index in [1.165, 1.54) is 11.3 Å². The molecule has 1 aromatic carbocycles. The molecule has 1 heterocycles. The molecule has 0 bridgehead atoms. The van der Waals surface area contributed by atoms with Gasteiger partial charge in [-0.3, -0.25) is 4.79 Å². The maximum atomic E-state index is 12.1. The molecule has 0 unspecified atom stereocenters. The van der Waals surface area contributed by atoms with Crippen molar-refractivity contribution in [3.63, 3.8) is 0 Å². The van der Waals surface area contributed by atoms with Gasteiger partial charge in [-0.1, -0.05) is 23.4 Å². The van der Waals surface area contributed by atoms with E-state index in [4.69, 9.17) is 16.7 Å². The second kappa shape index (κ2) is 6.53. The molecule has 0 fully saturated rings. The van der Waals surface area contributed by atoms with Crippen LogP contribution in [0, 0.1) is 18.8 Å². The van der Waals surface area contributed by atoms with Crippen molar-refractivity contribution in [3.05, 3.63) is 44.9 Å². The fourth-order valence-electron chi connectivity index (χ4n) is 1.56. The minimum Gasteiger partial charge on any atom is -0.384 e. The summed E-state index contributed by atoms with van der Waals surface area (Å²) < 4.78 is 0. The molecule has 0 saturated heterocycles. The maximum Gasteiger partial charge on any atom is 0.267 e. The van der Waals surface area contributed by atoms with Crippen LogP contribution in [0.15, 0.2) is 23.7 Å². The molecule has 1 amide bonds. The van der Waals surface area contributed by atoms with Gasteiger partial charge < -0.3 is 10.4 Å². The summed E-state index contributed by atoms with van der Waals surface area (Å²) in [5.41, 5.74) is 3.41. The quantitative estimate of drug-likeness (QED) is 0.839. The number of anilines is 1. The molecule has 2 aromatic rings. The van der Waals surface area contributed by atoms with Crippen molar-refractivity contribution in [2.24, 2.45) is 0 Å². The van der Waals surface area contributed by atoms with E-state index in [9.17, 15) is 4.79 Å². The number of benzene rings is 1. The van der Waals surface area contributed by atoms with E-state index in [1.807, 2.05) is 0 Å². The number of amides is 1. The number of rotatable bonds is 2. The molecule has 102 valence electrons. The number of aliphatic hydroxyl groups is 1. The monoisotopic (exact) mass is 306 g/mol. The van der Waals surface area contributed by atoms with Crippen LogP contribution in [-0.4, -0.2) is 22.6 Å². The average Bonchev–Trinajstić information content (AvgIpc) is 2.85. The third-order valence-corrected chi connectivity index (χ3v) is 3.65. The maximum absolute atomic E-state index is 12.1. The lowest BCUT2D eigenvalue weighted by Gasteiger charge is -2.07. The molecule has 0 spiro atoms. The topological polar surface area (TPSA) is 62.2 Å². The number of aliphatic hydroxyl groups excluding tert-OH is 1. The number of carbonyl (C=O) groups is 1. The molecule has 2 N–H and O–H groups in total. The minimum absolute atomic E-state index is 0.237. The Morgan fingerprint density at radius 1 is 1.55 bits per heavy atom. The van der Waals surface area contributed by atoms with Gasteiger partial charge in [0.05, 0.1) is 16.9 Å². The van der Waals surface area contributed by atoms with E-state index in [2.05, 4.69) is 22.1 Å². The number of carbonyl (C=O) groups excluding carboxylic acids is 1. The summed E-state index contributed by atoms with van der Waals surface area (Å²) in [6.45, 7) is 1.52. The Bertz CT molecular complexity index is 701. The van der Waals surface area contributed by atoms with Crippen molar-refractivity contribution in [2.75, 3.05) is 11.9 Å². The number of halogens is 1. The van der Waals surface area contributed by atoms with Crippen molar-refractivity contribution in [3.8, 4) is 11.8 Å². The van der Waals surface area contributed by atoms with E-state index < -0.39 is 0 Å². The van der Waals surface area contributed by atoms with Crippen LogP contribution in [0.25, 0.3) is 0 Å². The van der Waals surface area contributed by atoms with Gasteiger partial charge >= 0.3 is 0 Å². The second-order valence-corrected chi connectivity index (χ2v) is 5.16. The van der Waals surface area contributed by atoms with Crippen molar-refractivity contribution in [1.29, 1.82) is 0 Å². The van der Waals surface area contributed by atoms with E-state index >= 15 is 0 Å². The fraction of sp³-hybridized carbons (Fsp3) is 0.143. The Hall–Kier alpha value is -1.87. The van der Waals surface area contributed by atoms with Gasteiger partial charge in [-0.15, -0.1) is 11.3 Å². The smallest absolute Gasteiger partial charge is 0.267 e. The molecule has 2 rings (SSSR count). The third-order valence-electron chi connectivity index (χ3n) is 2.48. The van der Waals surface area contributed by atoms with E-state index in [0.717, 1.165) is 0 Å². The van der Waals surface area contributed by atoms with Crippen LogP contribution in [0.2, 0.25) is 5.02 Å². The Morgan fingerprint density at radius 3 is 3.00 bits per heavy atom. The molecule has 0 aliphatic rings. The zero-order valence-corrected chi connectivity index (χ0v) is 12.2. The zero-order chi connectivity index (χ0) is 14.5. The number of aromatic nitrogens is 1. The summed E-state index contributed by atoms with van der Waals surface area (Å²) in [6, 6.07) is 4.98. The van der Waals surface area contributed by atoms with E-state index in [1.54, 1.807) is 30.6 Å². The summed E-state index contributed by atoms with van der Waals surface area (Å²) in [5.74, 6) is 5.06. The molecular weight excluding hydrogens is 296 g/mol. The van der Waals surface area contributed by atoms with E-state index in [0.29, 0.717) is 26.8 Å². The first-order valence-corrected chi connectivity index (χ1v) is 6.98. The van der Waals surface area contributed by atoms with Crippen LogP contribution >= 0.6 is 22.9 Å². The number of nitrogens with zero attached hydrogens (tertiary/aromatic N) is 1. The lowest BCUT2D eigenvalue weighted by Crippen LogP contribution is -2.12. The fourth-order valence-corrected chi connectivity index (χ4v) is 2.43. The normalized spacial score (nSPS) is 9.75. The average molecular weight is 307 g/mol. The van der Waals surface area contributed by atoms with Gasteiger partial charge in [0.25, 0.3) is 5.91 Å². The van der Waals surface area contributed by atoms with Gasteiger partial charge in [0.2, 0.25) is 0 Å². The number of nitrogens with one attached hydrogen (secondary N) is 1. The van der Waals surface area contributed by atoms with Gasteiger partial charge in [-0.05, 0) is 25.1 Å². The first kappa shape index (κ1) is 14.5. The SMILES string of the molecule is Cc1ncsc1C(=O)Nc1ccc(Cl)cc1C#CCO. The Labute approximate surface area is 125 Å². The van der Waals surface area contributed by atoms with Gasteiger partial charge in [0, 0.05) is 10.6 Å². The molecule has 0 saturated carbocycles. The summed E-state index contributed by atoms with van der Waals surface area (Å²) in [7, 11) is 0. The molecule has 20 heavy (non-hydrogen) atoms. The highest BCUT2D eigenvalue weighted by Gasteiger charge is 2.13. The second-order valence-electron chi connectivity index (χ2n) is 3.87. The number of hydrogen-bond donors (Lipinski definition) is 2. The van der Waals surface area contributed by atoms with Crippen molar-refractivity contribution in [2.45, 2.75) is 6.92 Å². The first-order chi connectivity index (χ1) is 9.61. The summed E-state index contributed by atoms with van der Waals surface area (Å²) in [5, 5.41) is 12.0. The van der Waals surface area contributed by atoms with Crippen LogP contribution in [0.5, 0.6) is 0 Å². The number of aryl methyl sites for hydroxylation is 1. The molecule has 0 aliphatic heterocycles. The number of thiazole rings is 1. The lowest BCUT2D eigenvalue weighted by atomic mass is 10.1. The number of hydrogen-bond acceptors (Lipinski definition) is 4. The highest BCUT2D eigenvalue weighted by molar-refractivity contribution is 7.12. The first-order valence-electron chi connectivity index (χ1n) is 5.72. The van der Waals surface area contributed by atoms with E-state index in [-0.39, 0.29) is 12.5 Å². The highest BCUT2D eigenvalue weighted by Crippen LogP contribution is 2.22. The van der Waals surface area contributed by atoms with Gasteiger partial charge in [0.15, 0.2) is 0 Å². The van der Waals surface area contributed by atoms with Crippen LogP contribution in [0.1, 0.15) is 20.9 Å². The van der Waals surface area contributed by atoms with Gasteiger partial charge in [-0.2, -0.15) is 0 Å². The predicted molar refractivity (Wildman–Crippen MR) is 80.2 cm³/mol. The molecule has 6 heteroatoms. The molecule has 0 atom stereocenters. The Balaban J connectivity index is 2.29. The van der Waals surface area contributed by atoms with Gasteiger partial charge in [0.1, 0.15) is 11.5 Å². The summed E-state index contributed by atoms with van der Waals surface area (Å²) >= 11 is 7.18. The van der Waals surface area contributed by atoms with Crippen LogP contribution < -0.4 is 5.32 Å². The van der Waals surface area contributed by atoms with Crippen molar-refractivity contribution >= 4 is 34.5 Å². The van der Waals surface area contributed by atoms with Crippen molar-refractivity contribution < 1.29 is 9.90 Å². The molecular formula is C14H11ClN2O2S. The minimum atomic E-state index is -0.256. The summed E-state index contributed by atoms with van der Waals surface area (Å²) in [4.78, 5) is 16.7. The standard InChI is InChI=1S/C14H11ClN2O2S/c1-9-13(20-8-16-9)14(19)17-12-5-4-11(15)7-10(12)3-2-6-18/h4-5,7-8,18H,6H2,1H3,(H,17,19). The molecule has 1 aromatic heterocycles. The third kappa shape index (κ3) is 3.36. The predicted octanol–water partition coefficient (Wildman–Crippen LogP) is 2.70.